The molecule has 0 saturated heterocycles. The predicted octanol–water partition coefficient (Wildman–Crippen LogP) is 2.83. The third-order valence-electron chi connectivity index (χ3n) is 2.26. The van der Waals surface area contributed by atoms with Crippen LogP contribution in [-0.4, -0.2) is 13.4 Å². The highest BCUT2D eigenvalue weighted by atomic mass is 16.5. The molecule has 0 amide bonds. The quantitative estimate of drug-likeness (QED) is 0.544. The van der Waals surface area contributed by atoms with E-state index in [1.807, 2.05) is 37.3 Å². The van der Waals surface area contributed by atoms with Crippen LogP contribution in [0.4, 0.5) is 0 Å². The van der Waals surface area contributed by atoms with Crippen molar-refractivity contribution in [2.75, 3.05) is 7.11 Å². The summed E-state index contributed by atoms with van der Waals surface area (Å²) in [5, 5.41) is 0. The van der Waals surface area contributed by atoms with Crippen molar-refractivity contribution >= 4 is 12.4 Å². The summed E-state index contributed by atoms with van der Waals surface area (Å²) < 4.78 is 5.10. The predicted molar refractivity (Wildman–Crippen MR) is 61.5 cm³/mol. The Morgan fingerprint density at radius 1 is 1.40 bits per heavy atom. The van der Waals surface area contributed by atoms with Gasteiger partial charge in [0.15, 0.2) is 0 Å². The minimum Gasteiger partial charge on any atom is -0.380 e. The first-order valence-corrected chi connectivity index (χ1v) is 5.04. The van der Waals surface area contributed by atoms with Crippen molar-refractivity contribution in [3.8, 4) is 0 Å². The summed E-state index contributed by atoms with van der Waals surface area (Å²) in [6, 6.07) is 7.93. The number of carbonyl (C=O) groups excluding carboxylic acids is 1. The molecule has 15 heavy (non-hydrogen) atoms. The molecule has 1 rings (SSSR count). The minimum atomic E-state index is 0.572. The smallest absolute Gasteiger partial charge is 0.146 e. The number of hydrogen-bond acceptors (Lipinski definition) is 2. The maximum Gasteiger partial charge on any atom is 0.146 e. The Balaban J connectivity index is 3.01. The number of aldehydes is 1. The molecule has 0 spiro atoms. The van der Waals surface area contributed by atoms with E-state index in [0.717, 1.165) is 29.4 Å². The van der Waals surface area contributed by atoms with Crippen molar-refractivity contribution in [1.29, 1.82) is 0 Å². The lowest BCUT2D eigenvalue weighted by atomic mass is 10.0. The van der Waals surface area contributed by atoms with Crippen LogP contribution in [-0.2, 0) is 16.1 Å². The molecular weight excluding hydrogens is 188 g/mol. The molecule has 2 heteroatoms. The zero-order valence-corrected chi connectivity index (χ0v) is 9.19. The van der Waals surface area contributed by atoms with Crippen molar-refractivity contribution in [1.82, 2.24) is 0 Å². The number of benzene rings is 1. The van der Waals surface area contributed by atoms with E-state index in [-0.39, 0.29) is 0 Å². The fraction of sp³-hybridized carbons (Fsp3) is 0.308. The Morgan fingerprint density at radius 2 is 2.13 bits per heavy atom. The van der Waals surface area contributed by atoms with Gasteiger partial charge in [0.2, 0.25) is 0 Å². The normalized spacial score (nSPS) is 11.5. The molecule has 0 N–H and O–H groups in total. The fourth-order valence-corrected chi connectivity index (χ4v) is 1.38. The number of allylic oxidation sites excluding steroid dienone is 1. The van der Waals surface area contributed by atoms with Gasteiger partial charge in [-0.1, -0.05) is 31.2 Å². The van der Waals surface area contributed by atoms with Crippen LogP contribution >= 0.6 is 0 Å². The molecule has 0 bridgehead atoms. The van der Waals surface area contributed by atoms with E-state index in [0.29, 0.717) is 6.61 Å². The fourth-order valence-electron chi connectivity index (χ4n) is 1.38. The molecule has 1 aromatic carbocycles. The lowest BCUT2D eigenvalue weighted by Crippen LogP contribution is -1.92. The molecule has 0 unspecified atom stereocenters. The topological polar surface area (TPSA) is 26.3 Å². The van der Waals surface area contributed by atoms with Crippen molar-refractivity contribution in [3.63, 3.8) is 0 Å². The molecule has 80 valence electrons. The molecule has 0 aliphatic rings. The van der Waals surface area contributed by atoms with Gasteiger partial charge in [-0.3, -0.25) is 4.79 Å². The van der Waals surface area contributed by atoms with Crippen LogP contribution in [0.1, 0.15) is 24.5 Å². The first kappa shape index (κ1) is 11.7. The average Bonchev–Trinajstić information content (AvgIpc) is 2.28. The lowest BCUT2D eigenvalue weighted by molar-refractivity contribution is -0.104. The van der Waals surface area contributed by atoms with Gasteiger partial charge in [0.05, 0.1) is 6.61 Å². The first-order chi connectivity index (χ1) is 7.31. The summed E-state index contributed by atoms with van der Waals surface area (Å²) in [4.78, 5) is 10.7. The Morgan fingerprint density at radius 3 is 2.73 bits per heavy atom. The van der Waals surface area contributed by atoms with E-state index < -0.39 is 0 Å². The van der Waals surface area contributed by atoms with E-state index in [1.54, 1.807) is 7.11 Å². The second kappa shape index (κ2) is 6.14. The number of ether oxygens (including phenoxy) is 1. The van der Waals surface area contributed by atoms with Crippen LogP contribution < -0.4 is 0 Å². The molecule has 0 atom stereocenters. The van der Waals surface area contributed by atoms with Crippen LogP contribution in [0.15, 0.2) is 29.8 Å². The standard InChI is InChI=1S/C13H16O2/c1-3-11(9-14)8-12-6-4-5-7-13(12)10-15-2/h4-9H,3,10H2,1-2H3. The summed E-state index contributed by atoms with van der Waals surface area (Å²) in [5.41, 5.74) is 2.97. The summed E-state index contributed by atoms with van der Waals surface area (Å²) in [5.74, 6) is 0. The van der Waals surface area contributed by atoms with Gasteiger partial charge in [0, 0.05) is 7.11 Å². The van der Waals surface area contributed by atoms with E-state index >= 15 is 0 Å². The van der Waals surface area contributed by atoms with Gasteiger partial charge < -0.3 is 4.74 Å². The van der Waals surface area contributed by atoms with Crippen molar-refractivity contribution < 1.29 is 9.53 Å². The van der Waals surface area contributed by atoms with Crippen LogP contribution in [0.2, 0.25) is 0 Å². The number of methoxy groups -OCH3 is 1. The third kappa shape index (κ3) is 3.33. The van der Waals surface area contributed by atoms with E-state index in [2.05, 4.69) is 0 Å². The summed E-state index contributed by atoms with van der Waals surface area (Å²) in [6.45, 7) is 2.54. The molecule has 0 aromatic heterocycles. The first-order valence-electron chi connectivity index (χ1n) is 5.04. The Kier molecular flexibility index (Phi) is 4.78. The molecule has 1 aromatic rings. The third-order valence-corrected chi connectivity index (χ3v) is 2.26. The van der Waals surface area contributed by atoms with E-state index in [9.17, 15) is 4.79 Å². The van der Waals surface area contributed by atoms with E-state index in [1.165, 1.54) is 0 Å². The number of hydrogen-bond donors (Lipinski definition) is 0. The molecule has 0 saturated carbocycles. The van der Waals surface area contributed by atoms with Crippen LogP contribution in [0.3, 0.4) is 0 Å². The SMILES string of the molecule is CCC(C=O)=Cc1ccccc1COC. The van der Waals surface area contributed by atoms with Crippen LogP contribution in [0, 0.1) is 0 Å². The lowest BCUT2D eigenvalue weighted by Gasteiger charge is -2.05. The van der Waals surface area contributed by atoms with E-state index in [4.69, 9.17) is 4.74 Å². The van der Waals surface area contributed by atoms with Gasteiger partial charge in [-0.15, -0.1) is 0 Å². The largest absolute Gasteiger partial charge is 0.380 e. The van der Waals surface area contributed by atoms with Crippen LogP contribution in [0.25, 0.3) is 6.08 Å². The van der Waals surface area contributed by atoms with Gasteiger partial charge >= 0.3 is 0 Å². The van der Waals surface area contributed by atoms with Gasteiger partial charge in [-0.25, -0.2) is 0 Å². The second-order valence-electron chi connectivity index (χ2n) is 3.32. The molecule has 0 aliphatic heterocycles. The van der Waals surface area contributed by atoms with Crippen molar-refractivity contribution in [2.24, 2.45) is 0 Å². The van der Waals surface area contributed by atoms with Gasteiger partial charge in [-0.2, -0.15) is 0 Å². The maximum atomic E-state index is 10.7. The molecule has 0 radical (unpaired) electrons. The molecule has 0 aliphatic carbocycles. The molecule has 2 nitrogen and oxygen atoms in total. The monoisotopic (exact) mass is 204 g/mol. The van der Waals surface area contributed by atoms with Crippen molar-refractivity contribution in [3.05, 3.63) is 41.0 Å². The Labute approximate surface area is 90.6 Å². The van der Waals surface area contributed by atoms with Crippen LogP contribution in [0.5, 0.6) is 0 Å². The zero-order valence-electron chi connectivity index (χ0n) is 9.19. The Bertz CT molecular complexity index is 353. The van der Waals surface area contributed by atoms with Crippen molar-refractivity contribution in [2.45, 2.75) is 20.0 Å². The molecule has 0 fully saturated rings. The zero-order chi connectivity index (χ0) is 11.1. The summed E-state index contributed by atoms with van der Waals surface area (Å²) in [7, 11) is 1.67. The van der Waals surface area contributed by atoms with Gasteiger partial charge in [-0.05, 0) is 29.2 Å². The Hall–Kier alpha value is -1.41. The highest BCUT2D eigenvalue weighted by Gasteiger charge is 1.99. The maximum absolute atomic E-state index is 10.7. The number of carbonyl (C=O) groups is 1. The molecular formula is C13H16O2. The number of rotatable bonds is 5. The minimum absolute atomic E-state index is 0.572. The second-order valence-corrected chi connectivity index (χ2v) is 3.32. The van der Waals surface area contributed by atoms with Gasteiger partial charge in [0.1, 0.15) is 6.29 Å². The highest BCUT2D eigenvalue weighted by molar-refractivity contribution is 5.81. The molecule has 0 heterocycles. The summed E-state index contributed by atoms with van der Waals surface area (Å²) in [6.07, 6.45) is 3.58. The average molecular weight is 204 g/mol. The van der Waals surface area contributed by atoms with Gasteiger partial charge in [0.25, 0.3) is 0 Å². The summed E-state index contributed by atoms with van der Waals surface area (Å²) >= 11 is 0. The highest BCUT2D eigenvalue weighted by Crippen LogP contribution is 2.14.